The van der Waals surface area contributed by atoms with Gasteiger partial charge in [-0.3, -0.25) is 0 Å². The van der Waals surface area contributed by atoms with Crippen LogP contribution in [0.5, 0.6) is 0 Å². The number of benzene rings is 2. The molecule has 0 radical (unpaired) electrons. The van der Waals surface area contributed by atoms with E-state index >= 15 is 0 Å². The Kier molecular flexibility index (Phi) is 4.97. The monoisotopic (exact) mass is 438 g/mol. The molecule has 0 aliphatic rings. The zero-order valence-corrected chi connectivity index (χ0v) is 18.2. The topological polar surface area (TPSA) is 115 Å². The molecule has 0 bridgehead atoms. The second-order valence-electron chi connectivity index (χ2n) is 7.27. The fourth-order valence-corrected chi connectivity index (χ4v) is 4.25. The zero-order chi connectivity index (χ0) is 22.1. The lowest BCUT2D eigenvalue weighted by molar-refractivity contribution is 1.18. The number of fused-ring (bicyclic) bond motifs is 2. The third kappa shape index (κ3) is 3.75. The van der Waals surface area contributed by atoms with Crippen molar-refractivity contribution in [1.82, 2.24) is 24.9 Å². The lowest BCUT2D eigenvalue weighted by atomic mass is 10.0. The van der Waals surface area contributed by atoms with Gasteiger partial charge in [-0.15, -0.1) is 11.3 Å². The average molecular weight is 439 g/mol. The Labute approximate surface area is 187 Å². The van der Waals surface area contributed by atoms with E-state index in [1.54, 1.807) is 23.7 Å². The molecule has 0 aliphatic carbocycles. The van der Waals surface area contributed by atoms with Gasteiger partial charge in [-0.1, -0.05) is 0 Å². The first-order valence-electron chi connectivity index (χ1n) is 9.86. The van der Waals surface area contributed by atoms with E-state index < -0.39 is 0 Å². The molecule has 5 rings (SSSR count). The van der Waals surface area contributed by atoms with Crippen LogP contribution in [0.25, 0.3) is 27.5 Å². The van der Waals surface area contributed by atoms with Gasteiger partial charge in [0.2, 0.25) is 5.95 Å². The van der Waals surface area contributed by atoms with E-state index in [1.807, 2.05) is 55.8 Å². The van der Waals surface area contributed by atoms with Crippen LogP contribution in [-0.4, -0.2) is 24.9 Å². The van der Waals surface area contributed by atoms with Crippen molar-refractivity contribution < 1.29 is 0 Å². The van der Waals surface area contributed by atoms with Gasteiger partial charge in [0.1, 0.15) is 5.52 Å². The highest BCUT2D eigenvalue weighted by Gasteiger charge is 2.13. The molecule has 0 atom stereocenters. The minimum absolute atomic E-state index is 0.438. The number of hydrogen-bond acceptors (Lipinski definition) is 8. The quantitative estimate of drug-likeness (QED) is 0.306. The summed E-state index contributed by atoms with van der Waals surface area (Å²) in [6.07, 6.45) is 4.86. The number of allylic oxidation sites excluding steroid dienone is 1. The molecular weight excluding hydrogens is 420 g/mol. The summed E-state index contributed by atoms with van der Waals surface area (Å²) in [6, 6.07) is 12.1. The molecule has 0 saturated carbocycles. The fraction of sp³-hybridized carbons (Fsp3) is 0.0870. The standard InChI is InChI=1S/C23H18N8S/c1-13-8-15(4-3-7-24)9-14(2)19(13)29-23-30-21-20(25-11-26-21)22(31-23)28-16-5-6-18-17(10-16)27-12-32-18/h3-6,8-12H,1-2H3,(H3,25,26,28,29,30,31)/b4-3+. The summed E-state index contributed by atoms with van der Waals surface area (Å²) < 4.78 is 1.13. The van der Waals surface area contributed by atoms with Crippen LogP contribution in [0.15, 0.2) is 48.2 Å². The second-order valence-corrected chi connectivity index (χ2v) is 8.16. The van der Waals surface area contributed by atoms with Crippen molar-refractivity contribution in [3.8, 4) is 6.07 Å². The molecule has 0 fully saturated rings. The van der Waals surface area contributed by atoms with E-state index in [0.717, 1.165) is 43.8 Å². The number of aromatic nitrogens is 5. The van der Waals surface area contributed by atoms with Crippen molar-refractivity contribution in [2.75, 3.05) is 10.6 Å². The van der Waals surface area contributed by atoms with Gasteiger partial charge in [0, 0.05) is 17.5 Å². The summed E-state index contributed by atoms with van der Waals surface area (Å²) in [5.41, 5.74) is 8.87. The molecule has 3 heterocycles. The Balaban J connectivity index is 1.50. The van der Waals surface area contributed by atoms with E-state index in [1.165, 1.54) is 6.08 Å². The summed E-state index contributed by atoms with van der Waals surface area (Å²) in [5.74, 6) is 1.06. The van der Waals surface area contributed by atoms with E-state index in [9.17, 15) is 0 Å². The molecule has 0 spiro atoms. The zero-order valence-electron chi connectivity index (χ0n) is 17.3. The van der Waals surface area contributed by atoms with Crippen LogP contribution in [0.3, 0.4) is 0 Å². The number of nitrogens with zero attached hydrogens (tertiary/aromatic N) is 5. The maximum atomic E-state index is 8.77. The van der Waals surface area contributed by atoms with E-state index in [4.69, 9.17) is 10.2 Å². The van der Waals surface area contributed by atoms with Crippen LogP contribution in [0.1, 0.15) is 16.7 Å². The number of nitriles is 1. The van der Waals surface area contributed by atoms with Crippen LogP contribution in [-0.2, 0) is 0 Å². The minimum atomic E-state index is 0.438. The Morgan fingerprint density at radius 3 is 2.72 bits per heavy atom. The van der Waals surface area contributed by atoms with Crippen LogP contribution < -0.4 is 10.6 Å². The molecule has 0 saturated heterocycles. The molecule has 9 heteroatoms. The normalized spacial score (nSPS) is 11.3. The first-order chi connectivity index (χ1) is 15.6. The molecule has 2 aromatic carbocycles. The molecule has 0 aliphatic heterocycles. The maximum absolute atomic E-state index is 8.77. The van der Waals surface area contributed by atoms with Crippen molar-refractivity contribution in [2.24, 2.45) is 0 Å². The number of aryl methyl sites for hydroxylation is 2. The summed E-state index contributed by atoms with van der Waals surface area (Å²) in [4.78, 5) is 21.1. The predicted molar refractivity (Wildman–Crippen MR) is 128 cm³/mol. The van der Waals surface area contributed by atoms with Gasteiger partial charge in [0.15, 0.2) is 11.5 Å². The Hall–Kier alpha value is -4.29. The van der Waals surface area contributed by atoms with Gasteiger partial charge in [0.25, 0.3) is 0 Å². The van der Waals surface area contributed by atoms with Gasteiger partial charge in [-0.2, -0.15) is 15.2 Å². The predicted octanol–water partition coefficient (Wildman–Crippen LogP) is 5.60. The van der Waals surface area contributed by atoms with Crippen LogP contribution >= 0.6 is 11.3 Å². The van der Waals surface area contributed by atoms with Gasteiger partial charge in [-0.05, 0) is 66.9 Å². The lowest BCUT2D eigenvalue weighted by Crippen LogP contribution is -2.04. The molecule has 0 unspecified atom stereocenters. The average Bonchev–Trinajstić information content (AvgIpc) is 3.44. The molecule has 0 amide bonds. The van der Waals surface area contributed by atoms with Gasteiger partial charge in [0.05, 0.1) is 28.1 Å². The van der Waals surface area contributed by atoms with Gasteiger partial charge in [-0.25, -0.2) is 9.97 Å². The fourth-order valence-electron chi connectivity index (χ4n) is 3.59. The number of H-pyrrole nitrogens is 1. The number of thiazole rings is 1. The SMILES string of the molecule is Cc1cc(/C=C/C#N)cc(C)c1Nc1nc(Nc2ccc3scnc3c2)c2[nH]cnc2n1. The van der Waals surface area contributed by atoms with Crippen LogP contribution in [0.4, 0.5) is 23.1 Å². The molecular formula is C23H18N8S. The molecule has 5 aromatic rings. The largest absolute Gasteiger partial charge is 0.340 e. The van der Waals surface area contributed by atoms with Crippen molar-refractivity contribution >= 4 is 61.9 Å². The molecule has 8 nitrogen and oxygen atoms in total. The number of rotatable bonds is 5. The van der Waals surface area contributed by atoms with E-state index in [0.29, 0.717) is 17.4 Å². The molecule has 156 valence electrons. The highest BCUT2D eigenvalue weighted by atomic mass is 32.1. The van der Waals surface area contributed by atoms with Gasteiger partial charge < -0.3 is 15.6 Å². The smallest absolute Gasteiger partial charge is 0.231 e. The minimum Gasteiger partial charge on any atom is -0.340 e. The maximum Gasteiger partial charge on any atom is 0.231 e. The molecule has 32 heavy (non-hydrogen) atoms. The van der Waals surface area contributed by atoms with Crippen molar-refractivity contribution in [2.45, 2.75) is 13.8 Å². The first-order valence-corrected chi connectivity index (χ1v) is 10.7. The molecule has 3 N–H and O–H groups in total. The highest BCUT2D eigenvalue weighted by Crippen LogP contribution is 2.29. The van der Waals surface area contributed by atoms with E-state index in [-0.39, 0.29) is 0 Å². The van der Waals surface area contributed by atoms with Crippen LogP contribution in [0, 0.1) is 25.2 Å². The first kappa shape index (κ1) is 19.7. The highest BCUT2D eigenvalue weighted by molar-refractivity contribution is 7.16. The number of anilines is 4. The number of nitrogens with one attached hydrogen (secondary N) is 3. The summed E-state index contributed by atoms with van der Waals surface area (Å²) in [7, 11) is 0. The number of aromatic amines is 1. The third-order valence-corrected chi connectivity index (χ3v) is 5.83. The van der Waals surface area contributed by atoms with Crippen molar-refractivity contribution in [3.05, 3.63) is 64.9 Å². The Morgan fingerprint density at radius 2 is 1.91 bits per heavy atom. The lowest BCUT2D eigenvalue weighted by Gasteiger charge is -2.14. The number of imidazole rings is 1. The second kappa shape index (κ2) is 8.09. The van der Waals surface area contributed by atoms with Crippen molar-refractivity contribution in [1.29, 1.82) is 5.26 Å². The number of hydrogen-bond donors (Lipinski definition) is 3. The Morgan fingerprint density at radius 1 is 1.06 bits per heavy atom. The van der Waals surface area contributed by atoms with Crippen LogP contribution in [0.2, 0.25) is 0 Å². The summed E-state index contributed by atoms with van der Waals surface area (Å²) >= 11 is 1.61. The van der Waals surface area contributed by atoms with E-state index in [2.05, 4.69) is 30.6 Å². The van der Waals surface area contributed by atoms with Crippen molar-refractivity contribution in [3.63, 3.8) is 0 Å². The third-order valence-electron chi connectivity index (χ3n) is 5.02. The Bertz CT molecular complexity index is 1500. The summed E-state index contributed by atoms with van der Waals surface area (Å²) in [6.45, 7) is 4.02. The summed E-state index contributed by atoms with van der Waals surface area (Å²) in [5, 5.41) is 15.5. The molecule has 3 aromatic heterocycles. The van der Waals surface area contributed by atoms with Gasteiger partial charge >= 0.3 is 0 Å².